The Morgan fingerprint density at radius 3 is 2.43 bits per heavy atom. The van der Waals surface area contributed by atoms with Crippen molar-refractivity contribution in [2.24, 2.45) is 5.92 Å². The van der Waals surface area contributed by atoms with E-state index < -0.39 is 0 Å². The van der Waals surface area contributed by atoms with E-state index in [1.807, 2.05) is 17.9 Å². The van der Waals surface area contributed by atoms with Crippen LogP contribution in [0.4, 0.5) is 0 Å². The third-order valence-electron chi connectivity index (χ3n) is 4.83. The molecule has 0 saturated carbocycles. The van der Waals surface area contributed by atoms with E-state index in [9.17, 15) is 4.79 Å². The van der Waals surface area contributed by atoms with Crippen LogP contribution in [0.1, 0.15) is 39.2 Å². The molecule has 0 atom stereocenters. The van der Waals surface area contributed by atoms with Crippen molar-refractivity contribution in [2.45, 2.75) is 40.2 Å². The Balaban J connectivity index is 1.89. The number of benzene rings is 1. The van der Waals surface area contributed by atoms with Crippen LogP contribution in [0.2, 0.25) is 0 Å². The van der Waals surface area contributed by atoms with Crippen LogP contribution in [-0.2, 0) is 11.3 Å². The molecule has 0 bridgehead atoms. The van der Waals surface area contributed by atoms with Crippen LogP contribution < -0.4 is 9.64 Å². The molecule has 0 spiro atoms. The lowest BCUT2D eigenvalue weighted by molar-refractivity contribution is -0.919. The molecule has 1 aliphatic heterocycles. The third kappa shape index (κ3) is 4.71. The van der Waals surface area contributed by atoms with Gasteiger partial charge in [-0.15, -0.1) is 0 Å². The smallest absolute Gasteiger partial charge is 0.226 e. The molecule has 1 fully saturated rings. The van der Waals surface area contributed by atoms with Crippen molar-refractivity contribution in [3.05, 3.63) is 29.8 Å². The van der Waals surface area contributed by atoms with Gasteiger partial charge < -0.3 is 14.5 Å². The van der Waals surface area contributed by atoms with Crippen LogP contribution in [-0.4, -0.2) is 43.6 Å². The average Bonchev–Trinajstić information content (AvgIpc) is 2.58. The highest BCUT2D eigenvalue weighted by atomic mass is 16.5. The molecule has 0 aliphatic carbocycles. The maximum atomic E-state index is 12.5. The zero-order valence-electron chi connectivity index (χ0n) is 14.8. The lowest BCUT2D eigenvalue weighted by Crippen LogP contribution is -3.11. The predicted octanol–water partition coefficient (Wildman–Crippen LogP) is 1.75. The van der Waals surface area contributed by atoms with Gasteiger partial charge in [-0.1, -0.05) is 12.1 Å². The summed E-state index contributed by atoms with van der Waals surface area (Å²) >= 11 is 0. The molecule has 2 rings (SSSR count). The number of para-hydroxylation sites is 1. The zero-order valence-corrected chi connectivity index (χ0v) is 14.8. The fourth-order valence-electron chi connectivity index (χ4n) is 3.46. The van der Waals surface area contributed by atoms with Gasteiger partial charge in [-0.3, -0.25) is 4.79 Å². The maximum absolute atomic E-state index is 12.5. The van der Waals surface area contributed by atoms with E-state index in [1.54, 1.807) is 4.90 Å². The number of carbonyl (C=O) groups excluding carboxylic acids is 1. The topological polar surface area (TPSA) is 34.0 Å². The predicted molar refractivity (Wildman–Crippen MR) is 92.7 cm³/mol. The molecule has 4 nitrogen and oxygen atoms in total. The molecule has 1 N–H and O–H groups in total. The molecule has 1 heterocycles. The molecule has 0 unspecified atom stereocenters. The Morgan fingerprint density at radius 2 is 1.83 bits per heavy atom. The van der Waals surface area contributed by atoms with E-state index in [2.05, 4.69) is 32.0 Å². The minimum atomic E-state index is 0.223. The first-order chi connectivity index (χ1) is 11.2. The minimum absolute atomic E-state index is 0.223. The summed E-state index contributed by atoms with van der Waals surface area (Å²) in [4.78, 5) is 16.0. The minimum Gasteiger partial charge on any atom is -0.493 e. The number of carbonyl (C=O) groups is 1. The van der Waals surface area contributed by atoms with Gasteiger partial charge in [-0.05, 0) is 32.9 Å². The Labute approximate surface area is 140 Å². The van der Waals surface area contributed by atoms with Crippen LogP contribution in [0, 0.1) is 5.92 Å². The van der Waals surface area contributed by atoms with Crippen molar-refractivity contribution < 1.29 is 14.4 Å². The summed E-state index contributed by atoms with van der Waals surface area (Å²) in [6, 6.07) is 8.31. The maximum Gasteiger partial charge on any atom is 0.226 e. The Hall–Kier alpha value is -1.55. The van der Waals surface area contributed by atoms with Crippen molar-refractivity contribution in [3.63, 3.8) is 0 Å². The molecule has 1 aromatic carbocycles. The van der Waals surface area contributed by atoms with Crippen molar-refractivity contribution in [2.75, 3.05) is 32.8 Å². The highest BCUT2D eigenvalue weighted by Gasteiger charge is 2.29. The molecule has 4 heteroatoms. The zero-order chi connectivity index (χ0) is 16.7. The summed E-state index contributed by atoms with van der Waals surface area (Å²) in [5.41, 5.74) is 1.28. The van der Waals surface area contributed by atoms with Gasteiger partial charge in [0.05, 0.1) is 19.7 Å². The fraction of sp³-hybridized carbons (Fsp3) is 0.632. The summed E-state index contributed by atoms with van der Waals surface area (Å²) in [6.45, 7) is 11.6. The number of hydrogen-bond donors (Lipinski definition) is 1. The van der Waals surface area contributed by atoms with Crippen molar-refractivity contribution in [1.29, 1.82) is 0 Å². The Bertz CT molecular complexity index is 492. The van der Waals surface area contributed by atoms with Gasteiger partial charge in [0.25, 0.3) is 0 Å². The first-order valence-electron chi connectivity index (χ1n) is 9.02. The summed E-state index contributed by atoms with van der Waals surface area (Å²) < 4.78 is 5.72. The van der Waals surface area contributed by atoms with Gasteiger partial charge in [-0.2, -0.15) is 0 Å². The SMILES string of the molecule is CCOc1ccccc1C[NH+]1CCC(C(=O)N(CC)CC)CC1. The van der Waals surface area contributed by atoms with Crippen molar-refractivity contribution in [3.8, 4) is 5.75 Å². The largest absolute Gasteiger partial charge is 0.493 e. The highest BCUT2D eigenvalue weighted by molar-refractivity contribution is 5.78. The molecule has 1 aliphatic rings. The van der Waals surface area contributed by atoms with Crippen LogP contribution in [0.15, 0.2) is 24.3 Å². The third-order valence-corrected chi connectivity index (χ3v) is 4.83. The number of nitrogens with one attached hydrogen (secondary N) is 1. The van der Waals surface area contributed by atoms with Gasteiger partial charge in [0.1, 0.15) is 12.3 Å². The van der Waals surface area contributed by atoms with Crippen LogP contribution in [0.5, 0.6) is 5.75 Å². The van der Waals surface area contributed by atoms with E-state index in [4.69, 9.17) is 4.74 Å². The molecular weight excluding hydrogens is 288 g/mol. The van der Waals surface area contributed by atoms with Crippen LogP contribution >= 0.6 is 0 Å². The summed E-state index contributed by atoms with van der Waals surface area (Å²) in [5.74, 6) is 1.58. The Morgan fingerprint density at radius 1 is 1.17 bits per heavy atom. The summed E-state index contributed by atoms with van der Waals surface area (Å²) in [6.07, 6.45) is 2.00. The molecule has 1 amide bonds. The highest BCUT2D eigenvalue weighted by Crippen LogP contribution is 2.18. The molecule has 0 radical (unpaired) electrons. The van der Waals surface area contributed by atoms with E-state index in [0.29, 0.717) is 12.5 Å². The number of nitrogens with zero attached hydrogens (tertiary/aromatic N) is 1. The second kappa shape index (κ2) is 8.92. The standard InChI is InChI=1S/C19H30N2O2/c1-4-21(5-2)19(22)16-11-13-20(14-12-16)15-17-9-7-8-10-18(17)23-6-3/h7-10,16H,4-6,11-15H2,1-3H3/p+1. The number of likely N-dealkylation sites (tertiary alicyclic amines) is 1. The molecule has 0 aromatic heterocycles. The molecular formula is C19H31N2O2+. The van der Waals surface area contributed by atoms with Gasteiger partial charge in [-0.25, -0.2) is 0 Å². The fourth-order valence-corrected chi connectivity index (χ4v) is 3.46. The van der Waals surface area contributed by atoms with E-state index >= 15 is 0 Å². The lowest BCUT2D eigenvalue weighted by atomic mass is 9.95. The number of ether oxygens (including phenoxy) is 1. The first-order valence-corrected chi connectivity index (χ1v) is 9.02. The second-order valence-electron chi connectivity index (χ2n) is 6.25. The Kier molecular flexibility index (Phi) is 6.90. The number of rotatable bonds is 7. The number of hydrogen-bond acceptors (Lipinski definition) is 2. The van der Waals surface area contributed by atoms with E-state index in [1.165, 1.54) is 5.56 Å². The van der Waals surface area contributed by atoms with Gasteiger partial charge in [0, 0.05) is 37.4 Å². The van der Waals surface area contributed by atoms with E-state index in [0.717, 1.165) is 51.3 Å². The molecule has 23 heavy (non-hydrogen) atoms. The van der Waals surface area contributed by atoms with Crippen LogP contribution in [0.25, 0.3) is 0 Å². The molecule has 1 saturated heterocycles. The summed E-state index contributed by atoms with van der Waals surface area (Å²) in [7, 11) is 0. The molecule has 1 aromatic rings. The average molecular weight is 319 g/mol. The van der Waals surface area contributed by atoms with Gasteiger partial charge in [0.15, 0.2) is 0 Å². The van der Waals surface area contributed by atoms with Crippen molar-refractivity contribution in [1.82, 2.24) is 4.90 Å². The number of amides is 1. The quantitative estimate of drug-likeness (QED) is 0.831. The number of piperidine rings is 1. The van der Waals surface area contributed by atoms with E-state index in [-0.39, 0.29) is 5.92 Å². The summed E-state index contributed by atoms with van der Waals surface area (Å²) in [5, 5.41) is 0. The monoisotopic (exact) mass is 319 g/mol. The second-order valence-corrected chi connectivity index (χ2v) is 6.25. The van der Waals surface area contributed by atoms with Gasteiger partial charge >= 0.3 is 0 Å². The van der Waals surface area contributed by atoms with Crippen molar-refractivity contribution >= 4 is 5.91 Å². The van der Waals surface area contributed by atoms with Crippen LogP contribution in [0.3, 0.4) is 0 Å². The molecule has 128 valence electrons. The lowest BCUT2D eigenvalue weighted by Gasteiger charge is -2.31. The first kappa shape index (κ1) is 17.8. The normalized spacial score (nSPS) is 21.0. The van der Waals surface area contributed by atoms with Gasteiger partial charge in [0.2, 0.25) is 5.91 Å². The number of quaternary nitrogens is 1.